The molecule has 1 aliphatic rings. The van der Waals surface area contributed by atoms with Gasteiger partial charge in [-0.1, -0.05) is 11.6 Å². The average molecular weight is 171 g/mol. The molecule has 2 rings (SSSR count). The SMILES string of the molecule is Clc1ccc(C2CCCN2)[nH]1. The third-order valence-corrected chi connectivity index (χ3v) is 2.33. The third-order valence-electron chi connectivity index (χ3n) is 2.11. The second-order valence-electron chi connectivity index (χ2n) is 2.91. The van der Waals surface area contributed by atoms with E-state index < -0.39 is 0 Å². The minimum absolute atomic E-state index is 0.502. The van der Waals surface area contributed by atoms with Crippen LogP contribution >= 0.6 is 11.6 Å². The van der Waals surface area contributed by atoms with Gasteiger partial charge in [-0.05, 0) is 31.5 Å². The van der Waals surface area contributed by atoms with Gasteiger partial charge in [-0.25, -0.2) is 0 Å². The predicted octanol–water partition coefficient (Wildman–Crippen LogP) is 2.09. The first-order chi connectivity index (χ1) is 5.36. The molecule has 1 atom stereocenters. The summed E-state index contributed by atoms with van der Waals surface area (Å²) in [7, 11) is 0. The van der Waals surface area contributed by atoms with Crippen molar-refractivity contribution >= 4 is 11.6 Å². The zero-order valence-electron chi connectivity index (χ0n) is 6.23. The van der Waals surface area contributed by atoms with Gasteiger partial charge in [-0.3, -0.25) is 0 Å². The van der Waals surface area contributed by atoms with E-state index in [0.717, 1.165) is 11.7 Å². The van der Waals surface area contributed by atoms with Crippen LogP contribution in [0.15, 0.2) is 12.1 Å². The fraction of sp³-hybridized carbons (Fsp3) is 0.500. The number of hydrogen-bond donors (Lipinski definition) is 2. The number of nitrogens with one attached hydrogen (secondary N) is 2. The lowest BCUT2D eigenvalue weighted by atomic mass is 10.2. The van der Waals surface area contributed by atoms with E-state index >= 15 is 0 Å². The summed E-state index contributed by atoms with van der Waals surface area (Å²) >= 11 is 5.76. The van der Waals surface area contributed by atoms with Crippen molar-refractivity contribution in [2.75, 3.05) is 6.54 Å². The average Bonchev–Trinajstić information content (AvgIpc) is 2.55. The Balaban J connectivity index is 2.15. The smallest absolute Gasteiger partial charge is 0.106 e. The Morgan fingerprint density at radius 3 is 2.91 bits per heavy atom. The monoisotopic (exact) mass is 170 g/mol. The molecular weight excluding hydrogens is 160 g/mol. The zero-order chi connectivity index (χ0) is 7.68. The van der Waals surface area contributed by atoms with Crippen LogP contribution in [0, 0.1) is 0 Å². The van der Waals surface area contributed by atoms with Crippen LogP contribution in [0.2, 0.25) is 5.15 Å². The zero-order valence-corrected chi connectivity index (χ0v) is 6.99. The van der Waals surface area contributed by atoms with Crippen molar-refractivity contribution in [3.8, 4) is 0 Å². The fourth-order valence-corrected chi connectivity index (χ4v) is 1.71. The Bertz CT molecular complexity index is 238. The number of halogens is 1. The van der Waals surface area contributed by atoms with Gasteiger partial charge in [-0.15, -0.1) is 0 Å². The van der Waals surface area contributed by atoms with Crippen molar-refractivity contribution in [1.82, 2.24) is 10.3 Å². The van der Waals surface area contributed by atoms with Gasteiger partial charge in [-0.2, -0.15) is 0 Å². The summed E-state index contributed by atoms with van der Waals surface area (Å²) in [4.78, 5) is 3.12. The highest BCUT2D eigenvalue weighted by molar-refractivity contribution is 6.29. The first-order valence-corrected chi connectivity index (χ1v) is 4.32. The van der Waals surface area contributed by atoms with E-state index in [9.17, 15) is 0 Å². The fourth-order valence-electron chi connectivity index (χ4n) is 1.54. The molecule has 0 aliphatic carbocycles. The maximum Gasteiger partial charge on any atom is 0.106 e. The van der Waals surface area contributed by atoms with Gasteiger partial charge in [0.1, 0.15) is 5.15 Å². The highest BCUT2D eigenvalue weighted by Gasteiger charge is 2.16. The summed E-state index contributed by atoms with van der Waals surface area (Å²) in [6, 6.07) is 4.45. The summed E-state index contributed by atoms with van der Waals surface area (Å²) in [6.07, 6.45) is 2.48. The highest BCUT2D eigenvalue weighted by Crippen LogP contribution is 2.23. The molecule has 2 heterocycles. The third kappa shape index (κ3) is 1.42. The number of aromatic nitrogens is 1. The van der Waals surface area contributed by atoms with Crippen LogP contribution in [0.3, 0.4) is 0 Å². The van der Waals surface area contributed by atoms with Crippen LogP contribution in [0.25, 0.3) is 0 Å². The molecular formula is C8H11ClN2. The van der Waals surface area contributed by atoms with Gasteiger partial charge >= 0.3 is 0 Å². The van der Waals surface area contributed by atoms with E-state index in [4.69, 9.17) is 11.6 Å². The maximum atomic E-state index is 5.76. The molecule has 0 aromatic carbocycles. The first-order valence-electron chi connectivity index (χ1n) is 3.94. The van der Waals surface area contributed by atoms with Gasteiger partial charge in [0.05, 0.1) is 0 Å². The van der Waals surface area contributed by atoms with Crippen molar-refractivity contribution in [3.05, 3.63) is 23.0 Å². The molecule has 2 nitrogen and oxygen atoms in total. The molecule has 2 N–H and O–H groups in total. The Morgan fingerprint density at radius 1 is 1.45 bits per heavy atom. The second-order valence-corrected chi connectivity index (χ2v) is 3.32. The van der Waals surface area contributed by atoms with E-state index in [0.29, 0.717) is 6.04 Å². The predicted molar refractivity (Wildman–Crippen MR) is 45.8 cm³/mol. The first kappa shape index (κ1) is 7.19. The van der Waals surface area contributed by atoms with Crippen molar-refractivity contribution < 1.29 is 0 Å². The number of hydrogen-bond acceptors (Lipinski definition) is 1. The van der Waals surface area contributed by atoms with Crippen molar-refractivity contribution in [3.63, 3.8) is 0 Å². The number of aromatic amines is 1. The molecule has 0 amide bonds. The highest BCUT2D eigenvalue weighted by atomic mass is 35.5. The van der Waals surface area contributed by atoms with Crippen LogP contribution in [0.1, 0.15) is 24.6 Å². The van der Waals surface area contributed by atoms with Crippen LogP contribution < -0.4 is 5.32 Å². The molecule has 0 radical (unpaired) electrons. The largest absolute Gasteiger partial charge is 0.348 e. The van der Waals surface area contributed by atoms with Crippen LogP contribution in [-0.2, 0) is 0 Å². The topological polar surface area (TPSA) is 27.8 Å². The molecule has 1 saturated heterocycles. The van der Waals surface area contributed by atoms with Crippen LogP contribution in [0.5, 0.6) is 0 Å². The van der Waals surface area contributed by atoms with E-state index in [2.05, 4.69) is 10.3 Å². The minimum Gasteiger partial charge on any atom is -0.348 e. The standard InChI is InChI=1S/C8H11ClN2/c9-8-4-3-7(11-8)6-2-1-5-10-6/h3-4,6,10-11H,1-2,5H2. The van der Waals surface area contributed by atoms with Gasteiger partial charge in [0.2, 0.25) is 0 Å². The lowest BCUT2D eigenvalue weighted by Crippen LogP contribution is -2.12. The normalized spacial score (nSPS) is 24.3. The van der Waals surface area contributed by atoms with Gasteiger partial charge < -0.3 is 10.3 Å². The quantitative estimate of drug-likeness (QED) is 0.664. The van der Waals surface area contributed by atoms with Crippen molar-refractivity contribution in [1.29, 1.82) is 0 Å². The summed E-state index contributed by atoms with van der Waals surface area (Å²) in [5, 5.41) is 4.13. The van der Waals surface area contributed by atoms with E-state index in [-0.39, 0.29) is 0 Å². The molecule has 1 aromatic heterocycles. The molecule has 1 aliphatic heterocycles. The molecule has 1 unspecified atom stereocenters. The molecule has 1 fully saturated rings. The molecule has 11 heavy (non-hydrogen) atoms. The van der Waals surface area contributed by atoms with E-state index in [1.165, 1.54) is 18.5 Å². The summed E-state index contributed by atoms with van der Waals surface area (Å²) in [6.45, 7) is 1.13. The number of H-pyrrole nitrogens is 1. The number of rotatable bonds is 1. The molecule has 0 saturated carbocycles. The van der Waals surface area contributed by atoms with Crippen molar-refractivity contribution in [2.24, 2.45) is 0 Å². The summed E-state index contributed by atoms with van der Waals surface area (Å²) in [5.41, 5.74) is 1.22. The molecule has 0 spiro atoms. The lowest BCUT2D eigenvalue weighted by molar-refractivity contribution is 0.632. The molecule has 1 aromatic rings. The van der Waals surface area contributed by atoms with Crippen molar-refractivity contribution in [2.45, 2.75) is 18.9 Å². The van der Waals surface area contributed by atoms with Crippen LogP contribution in [0.4, 0.5) is 0 Å². The van der Waals surface area contributed by atoms with Gasteiger partial charge in [0.25, 0.3) is 0 Å². The second kappa shape index (κ2) is 2.88. The van der Waals surface area contributed by atoms with E-state index in [1.54, 1.807) is 0 Å². The Morgan fingerprint density at radius 2 is 2.36 bits per heavy atom. The van der Waals surface area contributed by atoms with Crippen LogP contribution in [-0.4, -0.2) is 11.5 Å². The van der Waals surface area contributed by atoms with E-state index in [1.807, 2.05) is 12.1 Å². The van der Waals surface area contributed by atoms with Gasteiger partial charge in [0, 0.05) is 11.7 Å². The summed E-state index contributed by atoms with van der Waals surface area (Å²) in [5.74, 6) is 0. The Hall–Kier alpha value is -0.470. The van der Waals surface area contributed by atoms with Gasteiger partial charge in [0.15, 0.2) is 0 Å². The molecule has 3 heteroatoms. The molecule has 60 valence electrons. The minimum atomic E-state index is 0.502. The maximum absolute atomic E-state index is 5.76. The summed E-state index contributed by atoms with van der Waals surface area (Å²) < 4.78 is 0. The molecule has 0 bridgehead atoms. The Labute approximate surface area is 70.9 Å². The lowest BCUT2D eigenvalue weighted by Gasteiger charge is -2.06. The Kier molecular flexibility index (Phi) is 1.88.